The topological polar surface area (TPSA) is 79.4 Å². The highest BCUT2D eigenvalue weighted by Gasteiger charge is 2.14. The first-order chi connectivity index (χ1) is 15.9. The third-order valence-corrected chi connectivity index (χ3v) is 5.94. The number of nitrogens with one attached hydrogen (secondary N) is 2. The molecule has 156 valence electrons. The van der Waals surface area contributed by atoms with Gasteiger partial charge in [0.2, 0.25) is 0 Å². The summed E-state index contributed by atoms with van der Waals surface area (Å²) in [5.41, 5.74) is 4.77. The van der Waals surface area contributed by atoms with Crippen LogP contribution in [0.2, 0.25) is 0 Å². The number of hydrogen-bond acceptors (Lipinski definition) is 6. The van der Waals surface area contributed by atoms with Crippen LogP contribution in [0, 0.1) is 11.8 Å². The standard InChI is InChI=1S/C25H20N6S/c1-2-5-18(6-3-1)7-4-13-27-25-23-22(29-24(30-25)19-10-14-26-15-11-19)20(17-32-23)8-9-21-12-16-28-31-21/h1-3,5-6,10-12,14-17H,4,7,13H2,(H,28,31)(H,27,29,30). The van der Waals surface area contributed by atoms with Crippen LogP contribution in [0.1, 0.15) is 23.2 Å². The average molecular weight is 437 g/mol. The van der Waals surface area contributed by atoms with Gasteiger partial charge in [-0.2, -0.15) is 5.10 Å². The number of benzene rings is 1. The minimum Gasteiger partial charge on any atom is -0.369 e. The summed E-state index contributed by atoms with van der Waals surface area (Å²) < 4.78 is 1.01. The van der Waals surface area contributed by atoms with Crippen molar-refractivity contribution in [3.63, 3.8) is 0 Å². The van der Waals surface area contributed by atoms with Gasteiger partial charge in [-0.15, -0.1) is 11.3 Å². The Labute approximate surface area is 189 Å². The number of pyridine rings is 1. The molecule has 2 N–H and O–H groups in total. The fraction of sp³-hybridized carbons (Fsp3) is 0.120. The normalized spacial score (nSPS) is 10.6. The van der Waals surface area contributed by atoms with Crippen molar-refractivity contribution in [1.29, 1.82) is 0 Å². The highest BCUT2D eigenvalue weighted by Crippen LogP contribution is 2.32. The third-order valence-electron chi connectivity index (χ3n) is 4.96. The van der Waals surface area contributed by atoms with Crippen molar-refractivity contribution in [3.8, 4) is 23.2 Å². The molecule has 0 bridgehead atoms. The maximum atomic E-state index is 4.85. The Bertz CT molecular complexity index is 1370. The van der Waals surface area contributed by atoms with Crippen LogP contribution >= 0.6 is 11.3 Å². The maximum Gasteiger partial charge on any atom is 0.162 e. The number of rotatable bonds is 6. The highest BCUT2D eigenvalue weighted by atomic mass is 32.1. The second-order valence-electron chi connectivity index (χ2n) is 7.20. The van der Waals surface area contributed by atoms with E-state index in [1.165, 1.54) is 5.56 Å². The lowest BCUT2D eigenvalue weighted by molar-refractivity contribution is 0.860. The van der Waals surface area contributed by atoms with Gasteiger partial charge < -0.3 is 5.32 Å². The fourth-order valence-corrected chi connectivity index (χ4v) is 4.26. The Morgan fingerprint density at radius 2 is 1.81 bits per heavy atom. The SMILES string of the molecule is C(#Cc1csc2c(NCCCc3ccccc3)nc(-c3ccncc3)nc12)c1ccn[nH]1. The molecule has 0 saturated carbocycles. The quantitative estimate of drug-likeness (QED) is 0.292. The summed E-state index contributed by atoms with van der Waals surface area (Å²) >= 11 is 1.61. The van der Waals surface area contributed by atoms with Gasteiger partial charge >= 0.3 is 0 Å². The van der Waals surface area contributed by atoms with Crippen LogP contribution in [0.3, 0.4) is 0 Å². The van der Waals surface area contributed by atoms with Crippen LogP contribution in [-0.4, -0.2) is 31.7 Å². The molecule has 4 heterocycles. The molecule has 0 amide bonds. The molecule has 0 atom stereocenters. The van der Waals surface area contributed by atoms with E-state index < -0.39 is 0 Å². The molecule has 7 heteroatoms. The van der Waals surface area contributed by atoms with Crippen LogP contribution in [0.4, 0.5) is 5.82 Å². The summed E-state index contributed by atoms with van der Waals surface area (Å²) in [5.74, 6) is 7.84. The Hall–Kier alpha value is -4.02. The first-order valence-corrected chi connectivity index (χ1v) is 11.2. The Kier molecular flexibility index (Phi) is 5.86. The summed E-state index contributed by atoms with van der Waals surface area (Å²) in [4.78, 5) is 13.8. The zero-order valence-corrected chi connectivity index (χ0v) is 18.1. The summed E-state index contributed by atoms with van der Waals surface area (Å²) in [6, 6.07) is 16.2. The molecule has 5 aromatic rings. The average Bonchev–Trinajstić information content (AvgIpc) is 3.51. The van der Waals surface area contributed by atoms with Crippen LogP contribution in [0.25, 0.3) is 21.6 Å². The second-order valence-corrected chi connectivity index (χ2v) is 8.07. The number of aromatic nitrogens is 5. The predicted molar refractivity (Wildman–Crippen MR) is 128 cm³/mol. The number of fused-ring (bicyclic) bond motifs is 1. The Morgan fingerprint density at radius 1 is 0.938 bits per heavy atom. The molecule has 6 nitrogen and oxygen atoms in total. The van der Waals surface area contributed by atoms with Gasteiger partial charge in [0.15, 0.2) is 5.82 Å². The molecule has 32 heavy (non-hydrogen) atoms. The Balaban J connectivity index is 1.45. The first kappa shape index (κ1) is 19.9. The number of nitrogens with zero attached hydrogens (tertiary/aromatic N) is 4. The van der Waals surface area contributed by atoms with Gasteiger partial charge in [-0.1, -0.05) is 36.3 Å². The molecule has 0 radical (unpaired) electrons. The molecule has 0 aliphatic heterocycles. The zero-order chi connectivity index (χ0) is 21.6. The van der Waals surface area contributed by atoms with Gasteiger partial charge in [0.1, 0.15) is 17.0 Å². The lowest BCUT2D eigenvalue weighted by Crippen LogP contribution is -2.06. The fourth-order valence-electron chi connectivity index (χ4n) is 3.36. The minimum absolute atomic E-state index is 0.661. The van der Waals surface area contributed by atoms with Gasteiger partial charge in [-0.05, 0) is 42.5 Å². The van der Waals surface area contributed by atoms with Crippen molar-refractivity contribution in [1.82, 2.24) is 25.1 Å². The molecule has 0 saturated heterocycles. The molecular weight excluding hydrogens is 416 g/mol. The van der Waals surface area contributed by atoms with Crippen LogP contribution in [0.15, 0.2) is 72.5 Å². The smallest absolute Gasteiger partial charge is 0.162 e. The van der Waals surface area contributed by atoms with Gasteiger partial charge in [0, 0.05) is 36.1 Å². The minimum atomic E-state index is 0.661. The maximum absolute atomic E-state index is 4.85. The lowest BCUT2D eigenvalue weighted by Gasteiger charge is -2.09. The van der Waals surface area contributed by atoms with Gasteiger partial charge in [-0.25, -0.2) is 9.97 Å². The molecule has 1 aromatic carbocycles. The van der Waals surface area contributed by atoms with E-state index in [9.17, 15) is 0 Å². The summed E-state index contributed by atoms with van der Waals surface area (Å²) in [6.07, 6.45) is 7.23. The number of hydrogen-bond donors (Lipinski definition) is 2. The van der Waals surface area contributed by atoms with E-state index in [4.69, 9.17) is 9.97 Å². The number of thiophene rings is 1. The van der Waals surface area contributed by atoms with Gasteiger partial charge in [-0.3, -0.25) is 10.1 Å². The molecule has 0 aliphatic rings. The van der Waals surface area contributed by atoms with Crippen LogP contribution in [0.5, 0.6) is 0 Å². The van der Waals surface area contributed by atoms with Crippen LogP contribution < -0.4 is 5.32 Å². The summed E-state index contributed by atoms with van der Waals surface area (Å²) in [6.45, 7) is 0.823. The van der Waals surface area contributed by atoms with E-state index in [-0.39, 0.29) is 0 Å². The molecular formula is C25H20N6S. The number of H-pyrrole nitrogens is 1. The number of aryl methyl sites for hydroxylation is 1. The van der Waals surface area contributed by atoms with Gasteiger partial charge in [0.05, 0.1) is 10.3 Å². The number of anilines is 1. The second kappa shape index (κ2) is 9.41. The zero-order valence-electron chi connectivity index (χ0n) is 17.2. The monoisotopic (exact) mass is 436 g/mol. The first-order valence-electron chi connectivity index (χ1n) is 10.4. The molecule has 0 fully saturated rings. The third kappa shape index (κ3) is 4.51. The summed E-state index contributed by atoms with van der Waals surface area (Å²) in [5, 5.41) is 12.4. The molecule has 4 aromatic heterocycles. The van der Waals surface area contributed by atoms with E-state index in [1.54, 1.807) is 29.9 Å². The number of aromatic amines is 1. The predicted octanol–water partition coefficient (Wildman–Crippen LogP) is 4.92. The van der Waals surface area contributed by atoms with Crippen LogP contribution in [-0.2, 0) is 6.42 Å². The van der Waals surface area contributed by atoms with Crippen molar-refractivity contribution in [3.05, 3.63) is 89.3 Å². The lowest BCUT2D eigenvalue weighted by atomic mass is 10.1. The van der Waals surface area contributed by atoms with Crippen molar-refractivity contribution in [2.24, 2.45) is 0 Å². The van der Waals surface area contributed by atoms with Crippen molar-refractivity contribution in [2.45, 2.75) is 12.8 Å². The molecule has 5 rings (SSSR count). The highest BCUT2D eigenvalue weighted by molar-refractivity contribution is 7.18. The van der Waals surface area contributed by atoms with E-state index in [0.29, 0.717) is 5.82 Å². The van der Waals surface area contributed by atoms with E-state index >= 15 is 0 Å². The summed E-state index contributed by atoms with van der Waals surface area (Å²) in [7, 11) is 0. The largest absolute Gasteiger partial charge is 0.369 e. The molecule has 0 unspecified atom stereocenters. The molecule has 0 spiro atoms. The van der Waals surface area contributed by atoms with Gasteiger partial charge in [0.25, 0.3) is 0 Å². The van der Waals surface area contributed by atoms with E-state index in [2.05, 4.69) is 56.6 Å². The van der Waals surface area contributed by atoms with Crippen molar-refractivity contribution in [2.75, 3.05) is 11.9 Å². The van der Waals surface area contributed by atoms with E-state index in [1.807, 2.05) is 29.6 Å². The van der Waals surface area contributed by atoms with Crippen molar-refractivity contribution < 1.29 is 0 Å². The van der Waals surface area contributed by atoms with E-state index in [0.717, 1.165) is 52.2 Å². The Morgan fingerprint density at radius 3 is 2.62 bits per heavy atom. The molecule has 0 aliphatic carbocycles. The van der Waals surface area contributed by atoms with Crippen molar-refractivity contribution >= 4 is 27.4 Å².